The molecular weight excluding hydrogens is 374 g/mol. The number of benzene rings is 1. The van der Waals surface area contributed by atoms with Gasteiger partial charge in [-0.3, -0.25) is 0 Å². The molecule has 1 N–H and O–H groups in total. The van der Waals surface area contributed by atoms with Gasteiger partial charge in [0.15, 0.2) is 0 Å². The average Bonchev–Trinajstić information content (AvgIpc) is 2.72. The molecule has 3 rings (SSSR count). The molecule has 2 aromatic rings. The highest BCUT2D eigenvalue weighted by Gasteiger charge is 2.25. The van der Waals surface area contributed by atoms with Gasteiger partial charge in [-0.2, -0.15) is 5.26 Å². The molecular formula is C21H24ClN5O. The van der Waals surface area contributed by atoms with Gasteiger partial charge in [0.05, 0.1) is 17.7 Å². The molecule has 0 bridgehead atoms. The third-order valence-electron chi connectivity index (χ3n) is 4.94. The van der Waals surface area contributed by atoms with Gasteiger partial charge >= 0.3 is 6.03 Å². The number of carbonyl (C=O) groups excluding carboxylic acids is 1. The van der Waals surface area contributed by atoms with E-state index in [2.05, 4.69) is 35.1 Å². The molecule has 0 spiro atoms. The van der Waals surface area contributed by atoms with E-state index in [0.717, 1.165) is 11.4 Å². The van der Waals surface area contributed by atoms with E-state index < -0.39 is 0 Å². The number of aromatic nitrogens is 1. The Morgan fingerprint density at radius 1 is 1.18 bits per heavy atom. The van der Waals surface area contributed by atoms with Crippen LogP contribution in [0.25, 0.3) is 0 Å². The topological polar surface area (TPSA) is 72.3 Å². The summed E-state index contributed by atoms with van der Waals surface area (Å²) in [7, 11) is 0. The maximum absolute atomic E-state index is 12.8. The highest BCUT2D eigenvalue weighted by molar-refractivity contribution is 6.30. The highest BCUT2D eigenvalue weighted by Crippen LogP contribution is 2.24. The Morgan fingerprint density at radius 3 is 2.46 bits per heavy atom. The van der Waals surface area contributed by atoms with Crippen LogP contribution in [0.4, 0.5) is 10.6 Å². The van der Waals surface area contributed by atoms with Crippen LogP contribution in [0.2, 0.25) is 5.02 Å². The maximum atomic E-state index is 12.8. The number of nitrogens with one attached hydrogen (secondary N) is 1. The van der Waals surface area contributed by atoms with Crippen molar-refractivity contribution in [2.45, 2.75) is 19.9 Å². The molecule has 1 atom stereocenters. The summed E-state index contributed by atoms with van der Waals surface area (Å²) in [6, 6.07) is 13.1. The Bertz CT molecular complexity index is 854. The van der Waals surface area contributed by atoms with Crippen molar-refractivity contribution in [2.75, 3.05) is 31.1 Å². The fourth-order valence-corrected chi connectivity index (χ4v) is 3.45. The van der Waals surface area contributed by atoms with Crippen LogP contribution in [-0.2, 0) is 0 Å². The molecule has 7 heteroatoms. The Balaban J connectivity index is 1.61. The van der Waals surface area contributed by atoms with E-state index in [4.69, 9.17) is 16.9 Å². The Labute approximate surface area is 170 Å². The Kier molecular flexibility index (Phi) is 6.37. The molecule has 1 aromatic heterocycles. The molecule has 2 heterocycles. The van der Waals surface area contributed by atoms with Crippen molar-refractivity contribution >= 4 is 23.4 Å². The number of piperazine rings is 1. The van der Waals surface area contributed by atoms with E-state index >= 15 is 0 Å². The zero-order chi connectivity index (χ0) is 20.1. The first-order valence-electron chi connectivity index (χ1n) is 9.40. The van der Waals surface area contributed by atoms with Crippen molar-refractivity contribution in [2.24, 2.45) is 5.92 Å². The predicted molar refractivity (Wildman–Crippen MR) is 110 cm³/mol. The molecule has 0 unspecified atom stereocenters. The molecule has 6 nitrogen and oxygen atoms in total. The quantitative estimate of drug-likeness (QED) is 0.850. The summed E-state index contributed by atoms with van der Waals surface area (Å²) in [5.41, 5.74) is 1.64. The molecule has 0 aliphatic carbocycles. The van der Waals surface area contributed by atoms with Gasteiger partial charge in [-0.05, 0) is 35.7 Å². The number of nitrogens with zero attached hydrogens (tertiary/aromatic N) is 4. The number of rotatable bonds is 4. The van der Waals surface area contributed by atoms with E-state index in [1.165, 1.54) is 0 Å². The fraction of sp³-hybridized carbons (Fsp3) is 0.381. The van der Waals surface area contributed by atoms with Crippen molar-refractivity contribution in [3.8, 4) is 6.07 Å². The number of halogens is 1. The fourth-order valence-electron chi connectivity index (χ4n) is 3.33. The van der Waals surface area contributed by atoms with Gasteiger partial charge in [0.1, 0.15) is 5.82 Å². The molecule has 146 valence electrons. The summed E-state index contributed by atoms with van der Waals surface area (Å²) < 4.78 is 0. The van der Waals surface area contributed by atoms with Crippen LogP contribution in [0.15, 0.2) is 42.6 Å². The van der Waals surface area contributed by atoms with Crippen LogP contribution in [0, 0.1) is 17.2 Å². The minimum absolute atomic E-state index is 0.0629. The van der Waals surface area contributed by atoms with Gasteiger partial charge in [-0.15, -0.1) is 0 Å². The minimum atomic E-state index is -0.0724. The first-order chi connectivity index (χ1) is 13.5. The van der Waals surface area contributed by atoms with Crippen molar-refractivity contribution in [3.63, 3.8) is 0 Å². The number of nitriles is 1. The molecule has 2 amide bonds. The number of hydrogen-bond acceptors (Lipinski definition) is 4. The van der Waals surface area contributed by atoms with E-state index in [0.29, 0.717) is 36.8 Å². The molecule has 0 radical (unpaired) electrons. The van der Waals surface area contributed by atoms with Crippen LogP contribution in [0.5, 0.6) is 0 Å². The van der Waals surface area contributed by atoms with Crippen LogP contribution in [0.1, 0.15) is 31.0 Å². The van der Waals surface area contributed by atoms with Crippen molar-refractivity contribution in [1.82, 2.24) is 15.2 Å². The van der Waals surface area contributed by atoms with Crippen molar-refractivity contribution in [1.29, 1.82) is 5.26 Å². The number of urea groups is 1. The molecule has 0 saturated carbocycles. The van der Waals surface area contributed by atoms with Gasteiger partial charge in [-0.1, -0.05) is 37.6 Å². The molecule has 1 aliphatic heterocycles. The van der Waals surface area contributed by atoms with Crippen LogP contribution in [0.3, 0.4) is 0 Å². The Morgan fingerprint density at radius 2 is 1.86 bits per heavy atom. The third-order valence-corrected chi connectivity index (χ3v) is 5.19. The molecule has 1 fully saturated rings. The number of hydrogen-bond donors (Lipinski definition) is 1. The van der Waals surface area contributed by atoms with Crippen LogP contribution < -0.4 is 10.2 Å². The normalized spacial score (nSPS) is 15.2. The average molecular weight is 398 g/mol. The smallest absolute Gasteiger partial charge is 0.318 e. The van der Waals surface area contributed by atoms with Gasteiger partial charge in [0, 0.05) is 37.4 Å². The number of carbonyl (C=O) groups is 1. The zero-order valence-electron chi connectivity index (χ0n) is 16.1. The summed E-state index contributed by atoms with van der Waals surface area (Å²) >= 11 is 5.98. The van der Waals surface area contributed by atoms with Crippen molar-refractivity contribution in [3.05, 3.63) is 58.7 Å². The Hall–Kier alpha value is -2.78. The molecule has 1 aromatic carbocycles. The second-order valence-electron chi connectivity index (χ2n) is 7.21. The van der Waals surface area contributed by atoms with Gasteiger partial charge < -0.3 is 15.1 Å². The first kappa shape index (κ1) is 20.0. The molecule has 1 saturated heterocycles. The SMILES string of the molecule is CC(C)[C@@H](NC(=O)N1CCN(c2cc(C#N)ccn2)CC1)c1ccc(Cl)cc1. The number of pyridine rings is 1. The monoisotopic (exact) mass is 397 g/mol. The van der Waals surface area contributed by atoms with E-state index in [9.17, 15) is 4.79 Å². The standard InChI is InChI=1S/C21H24ClN5O/c1-15(2)20(17-3-5-18(22)6-4-17)25-21(28)27-11-9-26(10-12-27)19-13-16(14-23)7-8-24-19/h3-8,13,15,20H,9-12H2,1-2H3,(H,25,28)/t20-/m1/s1. The lowest BCUT2D eigenvalue weighted by molar-refractivity contribution is 0.186. The summed E-state index contributed by atoms with van der Waals surface area (Å²) in [5, 5.41) is 12.9. The number of amides is 2. The lowest BCUT2D eigenvalue weighted by Gasteiger charge is -2.36. The second-order valence-corrected chi connectivity index (χ2v) is 7.65. The predicted octanol–water partition coefficient (Wildman–Crippen LogP) is 3.84. The van der Waals surface area contributed by atoms with Crippen LogP contribution in [-0.4, -0.2) is 42.1 Å². The largest absolute Gasteiger partial charge is 0.353 e. The minimum Gasteiger partial charge on any atom is -0.353 e. The van der Waals surface area contributed by atoms with Crippen molar-refractivity contribution < 1.29 is 4.79 Å². The highest BCUT2D eigenvalue weighted by atomic mass is 35.5. The first-order valence-corrected chi connectivity index (χ1v) is 9.77. The van der Waals surface area contributed by atoms with Gasteiger partial charge in [0.25, 0.3) is 0 Å². The van der Waals surface area contributed by atoms with Crippen LogP contribution >= 0.6 is 11.6 Å². The zero-order valence-corrected chi connectivity index (χ0v) is 16.9. The summed E-state index contributed by atoms with van der Waals surface area (Å²) in [4.78, 5) is 21.1. The molecule has 1 aliphatic rings. The molecule has 28 heavy (non-hydrogen) atoms. The van der Waals surface area contributed by atoms with Gasteiger partial charge in [0.2, 0.25) is 0 Å². The summed E-state index contributed by atoms with van der Waals surface area (Å²) in [6.45, 7) is 6.76. The lowest BCUT2D eigenvalue weighted by Crippen LogP contribution is -2.52. The van der Waals surface area contributed by atoms with E-state index in [1.54, 1.807) is 18.3 Å². The second kappa shape index (κ2) is 8.94. The third kappa shape index (κ3) is 4.73. The maximum Gasteiger partial charge on any atom is 0.318 e. The van der Waals surface area contributed by atoms with E-state index in [1.807, 2.05) is 29.2 Å². The number of anilines is 1. The lowest BCUT2D eigenvalue weighted by atomic mass is 9.96. The summed E-state index contributed by atoms with van der Waals surface area (Å²) in [5.74, 6) is 1.03. The summed E-state index contributed by atoms with van der Waals surface area (Å²) in [6.07, 6.45) is 1.65. The van der Waals surface area contributed by atoms with E-state index in [-0.39, 0.29) is 18.0 Å². The van der Waals surface area contributed by atoms with Gasteiger partial charge in [-0.25, -0.2) is 9.78 Å².